The normalized spacial score (nSPS) is 10.6. The number of carboxylic acids is 1. The number of nitrogens with zero attached hydrogens (tertiary/aromatic N) is 1. The van der Waals surface area contributed by atoms with E-state index in [9.17, 15) is 9.90 Å². The molecule has 4 rings (SSSR count). The van der Waals surface area contributed by atoms with Gasteiger partial charge in [-0.3, -0.25) is 4.98 Å². The molecule has 30 heavy (non-hydrogen) atoms. The van der Waals surface area contributed by atoms with Crippen LogP contribution in [0.5, 0.6) is 5.75 Å². The zero-order valence-corrected chi connectivity index (χ0v) is 16.7. The molecule has 0 aliphatic heterocycles. The molecule has 0 saturated heterocycles. The van der Waals surface area contributed by atoms with Gasteiger partial charge in [-0.1, -0.05) is 72.3 Å². The van der Waals surface area contributed by atoms with E-state index in [1.807, 2.05) is 60.7 Å². The third kappa shape index (κ3) is 4.19. The number of benzene rings is 3. The van der Waals surface area contributed by atoms with Gasteiger partial charge >= 0.3 is 5.97 Å². The number of carboxylic acid groups (broad SMARTS) is 1. The first-order chi connectivity index (χ1) is 14.6. The van der Waals surface area contributed by atoms with Crippen molar-refractivity contribution in [3.8, 4) is 28.1 Å². The van der Waals surface area contributed by atoms with E-state index in [2.05, 4.69) is 4.98 Å². The lowest BCUT2D eigenvalue weighted by Gasteiger charge is -2.16. The fraction of sp³-hybridized carbons (Fsp3) is 0.0400. The number of para-hydroxylation sites is 1. The molecular formula is C25H18ClNO3. The molecule has 0 unspecified atom stereocenters. The number of pyridine rings is 1. The van der Waals surface area contributed by atoms with Crippen LogP contribution in [0.1, 0.15) is 15.9 Å². The average Bonchev–Trinajstić information content (AvgIpc) is 2.79. The summed E-state index contributed by atoms with van der Waals surface area (Å²) < 4.78 is 6.11. The lowest BCUT2D eigenvalue weighted by atomic mass is 9.97. The van der Waals surface area contributed by atoms with Crippen LogP contribution in [0, 0.1) is 0 Å². The Bertz CT molecular complexity index is 1190. The maximum atomic E-state index is 11.4. The monoisotopic (exact) mass is 415 g/mol. The standard InChI is InChI=1S/C25H18ClNO3/c26-22-13-5-11-21(24(22)30-16-17-7-2-1-3-8-17)20-12-6-14-27-23(20)18-9-4-10-19(15-18)25(28)29/h1-15H,16H2,(H,28,29). The molecule has 148 valence electrons. The van der Waals surface area contributed by atoms with Crippen LogP contribution in [0.4, 0.5) is 0 Å². The SMILES string of the molecule is O=C(O)c1cccc(-c2ncccc2-c2cccc(Cl)c2OCc2ccccc2)c1. The summed E-state index contributed by atoms with van der Waals surface area (Å²) in [4.78, 5) is 15.9. The highest BCUT2D eigenvalue weighted by molar-refractivity contribution is 6.32. The molecule has 1 N–H and O–H groups in total. The van der Waals surface area contributed by atoms with Crippen molar-refractivity contribution in [2.45, 2.75) is 6.61 Å². The Morgan fingerprint density at radius 1 is 0.900 bits per heavy atom. The van der Waals surface area contributed by atoms with E-state index in [1.165, 1.54) is 0 Å². The number of aromatic carboxylic acids is 1. The minimum atomic E-state index is -0.982. The van der Waals surface area contributed by atoms with Gasteiger partial charge in [0, 0.05) is 22.9 Å². The van der Waals surface area contributed by atoms with E-state index in [-0.39, 0.29) is 5.56 Å². The van der Waals surface area contributed by atoms with Gasteiger partial charge in [-0.05, 0) is 29.8 Å². The van der Waals surface area contributed by atoms with Crippen molar-refractivity contribution in [3.05, 3.63) is 107 Å². The smallest absolute Gasteiger partial charge is 0.335 e. The molecule has 0 atom stereocenters. The summed E-state index contributed by atoms with van der Waals surface area (Å²) in [6, 6.07) is 25.9. The van der Waals surface area contributed by atoms with Crippen LogP contribution >= 0.6 is 11.6 Å². The Kier molecular flexibility index (Phi) is 5.77. The maximum absolute atomic E-state index is 11.4. The predicted octanol–water partition coefficient (Wildman–Crippen LogP) is 6.35. The van der Waals surface area contributed by atoms with Crippen molar-refractivity contribution in [3.63, 3.8) is 0 Å². The first-order valence-electron chi connectivity index (χ1n) is 9.38. The molecule has 0 spiro atoms. The van der Waals surface area contributed by atoms with Crippen molar-refractivity contribution >= 4 is 17.6 Å². The molecule has 0 bridgehead atoms. The third-order valence-corrected chi connectivity index (χ3v) is 4.97. The van der Waals surface area contributed by atoms with Crippen molar-refractivity contribution < 1.29 is 14.6 Å². The summed E-state index contributed by atoms with van der Waals surface area (Å²) in [6.45, 7) is 0.377. The Morgan fingerprint density at radius 2 is 1.67 bits per heavy atom. The van der Waals surface area contributed by atoms with Gasteiger partial charge in [-0.15, -0.1) is 0 Å². The molecule has 1 heterocycles. The van der Waals surface area contributed by atoms with Crippen LogP contribution in [-0.4, -0.2) is 16.1 Å². The number of hydrogen-bond donors (Lipinski definition) is 1. The first kappa shape index (κ1) is 19.7. The van der Waals surface area contributed by atoms with Crippen molar-refractivity contribution in [2.24, 2.45) is 0 Å². The second-order valence-corrected chi connectivity index (χ2v) is 7.08. The van der Waals surface area contributed by atoms with E-state index in [0.717, 1.165) is 16.7 Å². The number of hydrogen-bond acceptors (Lipinski definition) is 3. The largest absolute Gasteiger partial charge is 0.487 e. The molecular weight excluding hydrogens is 398 g/mol. The number of carbonyl (C=O) groups is 1. The van der Waals surface area contributed by atoms with Gasteiger partial charge in [-0.25, -0.2) is 4.79 Å². The van der Waals surface area contributed by atoms with Gasteiger partial charge in [0.05, 0.1) is 16.3 Å². The lowest BCUT2D eigenvalue weighted by Crippen LogP contribution is -1.99. The maximum Gasteiger partial charge on any atom is 0.335 e. The van der Waals surface area contributed by atoms with E-state index < -0.39 is 5.97 Å². The molecule has 0 aliphatic carbocycles. The summed E-state index contributed by atoms with van der Waals surface area (Å²) in [5.41, 5.74) is 4.21. The predicted molar refractivity (Wildman–Crippen MR) is 118 cm³/mol. The Balaban J connectivity index is 1.78. The number of halogens is 1. The first-order valence-corrected chi connectivity index (χ1v) is 9.75. The zero-order valence-electron chi connectivity index (χ0n) is 16.0. The van der Waals surface area contributed by atoms with Gasteiger partial charge in [0.15, 0.2) is 0 Å². The Labute approximate surface area is 179 Å². The van der Waals surface area contributed by atoms with E-state index >= 15 is 0 Å². The molecule has 0 fully saturated rings. The molecule has 1 aromatic heterocycles. The van der Waals surface area contributed by atoms with Crippen LogP contribution in [0.25, 0.3) is 22.4 Å². The Morgan fingerprint density at radius 3 is 2.47 bits per heavy atom. The lowest BCUT2D eigenvalue weighted by molar-refractivity contribution is 0.0697. The Hall–Kier alpha value is -3.63. The quantitative estimate of drug-likeness (QED) is 0.398. The molecule has 3 aromatic carbocycles. The highest BCUT2D eigenvalue weighted by atomic mass is 35.5. The van der Waals surface area contributed by atoms with E-state index in [4.69, 9.17) is 16.3 Å². The second-order valence-electron chi connectivity index (χ2n) is 6.68. The highest BCUT2D eigenvalue weighted by Crippen LogP contribution is 2.40. The van der Waals surface area contributed by atoms with Gasteiger partial charge in [0.25, 0.3) is 0 Å². The molecule has 5 heteroatoms. The molecule has 0 amide bonds. The summed E-state index contributed by atoms with van der Waals surface area (Å²) in [6.07, 6.45) is 1.68. The summed E-state index contributed by atoms with van der Waals surface area (Å²) in [5, 5.41) is 9.84. The second kappa shape index (κ2) is 8.80. The molecule has 4 nitrogen and oxygen atoms in total. The third-order valence-electron chi connectivity index (χ3n) is 4.67. The van der Waals surface area contributed by atoms with E-state index in [1.54, 1.807) is 30.5 Å². The number of rotatable bonds is 6. The fourth-order valence-corrected chi connectivity index (χ4v) is 3.48. The minimum Gasteiger partial charge on any atom is -0.487 e. The molecule has 4 aromatic rings. The van der Waals surface area contributed by atoms with Gasteiger partial charge in [0.2, 0.25) is 0 Å². The topological polar surface area (TPSA) is 59.4 Å². The minimum absolute atomic E-state index is 0.204. The van der Waals surface area contributed by atoms with Crippen LogP contribution in [-0.2, 0) is 6.61 Å². The number of ether oxygens (including phenoxy) is 1. The van der Waals surface area contributed by atoms with Gasteiger partial charge < -0.3 is 9.84 Å². The summed E-state index contributed by atoms with van der Waals surface area (Å²) >= 11 is 6.49. The van der Waals surface area contributed by atoms with Crippen LogP contribution in [0.15, 0.2) is 91.1 Å². The highest BCUT2D eigenvalue weighted by Gasteiger charge is 2.16. The zero-order chi connectivity index (χ0) is 20.9. The van der Waals surface area contributed by atoms with Gasteiger partial charge in [0.1, 0.15) is 12.4 Å². The molecule has 0 radical (unpaired) electrons. The average molecular weight is 416 g/mol. The van der Waals surface area contributed by atoms with Crippen molar-refractivity contribution in [1.29, 1.82) is 0 Å². The fourth-order valence-electron chi connectivity index (χ4n) is 3.25. The van der Waals surface area contributed by atoms with Crippen molar-refractivity contribution in [1.82, 2.24) is 4.98 Å². The van der Waals surface area contributed by atoms with E-state index in [0.29, 0.717) is 28.6 Å². The molecule has 0 aliphatic rings. The summed E-state index contributed by atoms with van der Waals surface area (Å²) in [7, 11) is 0. The number of aromatic nitrogens is 1. The van der Waals surface area contributed by atoms with Crippen molar-refractivity contribution in [2.75, 3.05) is 0 Å². The molecule has 0 saturated carbocycles. The van der Waals surface area contributed by atoms with Crippen LogP contribution < -0.4 is 4.74 Å². The van der Waals surface area contributed by atoms with Crippen LogP contribution in [0.3, 0.4) is 0 Å². The van der Waals surface area contributed by atoms with Gasteiger partial charge in [-0.2, -0.15) is 0 Å². The summed E-state index contributed by atoms with van der Waals surface area (Å²) in [5.74, 6) is -0.421. The van der Waals surface area contributed by atoms with Crippen LogP contribution in [0.2, 0.25) is 5.02 Å².